The highest BCUT2D eigenvalue weighted by Crippen LogP contribution is 2.38. The Bertz CT molecular complexity index is 567. The lowest BCUT2D eigenvalue weighted by Gasteiger charge is -2.39. The minimum Gasteiger partial charge on any atom is -0.489 e. The SMILES string of the molecule is CC(C)Oc1cccnc1C(=O)N1CCC(O)(C(F)(F)F)CC1. The van der Waals surface area contributed by atoms with Crippen LogP contribution >= 0.6 is 0 Å². The van der Waals surface area contributed by atoms with E-state index in [4.69, 9.17) is 4.74 Å². The Labute approximate surface area is 132 Å². The summed E-state index contributed by atoms with van der Waals surface area (Å²) in [6.45, 7) is 3.22. The van der Waals surface area contributed by atoms with Crippen molar-refractivity contribution in [1.82, 2.24) is 9.88 Å². The Balaban J connectivity index is 2.12. The number of carbonyl (C=O) groups is 1. The molecule has 0 atom stereocenters. The van der Waals surface area contributed by atoms with Crippen LogP contribution in [0.2, 0.25) is 0 Å². The number of ether oxygens (including phenoxy) is 1. The van der Waals surface area contributed by atoms with Crippen LogP contribution in [-0.2, 0) is 0 Å². The zero-order valence-electron chi connectivity index (χ0n) is 12.9. The normalized spacial score (nSPS) is 18.1. The molecule has 128 valence electrons. The van der Waals surface area contributed by atoms with Crippen LogP contribution in [0.1, 0.15) is 37.2 Å². The van der Waals surface area contributed by atoms with Gasteiger partial charge in [-0.25, -0.2) is 4.98 Å². The van der Waals surface area contributed by atoms with Gasteiger partial charge in [0.25, 0.3) is 5.91 Å². The molecule has 5 nitrogen and oxygen atoms in total. The van der Waals surface area contributed by atoms with Gasteiger partial charge in [0.2, 0.25) is 0 Å². The molecular formula is C15H19F3N2O3. The van der Waals surface area contributed by atoms with Crippen LogP contribution < -0.4 is 4.74 Å². The Morgan fingerprint density at radius 3 is 2.52 bits per heavy atom. The van der Waals surface area contributed by atoms with Gasteiger partial charge in [0.15, 0.2) is 17.0 Å². The number of pyridine rings is 1. The summed E-state index contributed by atoms with van der Waals surface area (Å²) < 4.78 is 43.9. The quantitative estimate of drug-likeness (QED) is 0.923. The van der Waals surface area contributed by atoms with Crippen LogP contribution in [0.25, 0.3) is 0 Å². The minimum atomic E-state index is -4.70. The average Bonchev–Trinajstić information content (AvgIpc) is 2.46. The molecular weight excluding hydrogens is 313 g/mol. The number of hydrogen-bond acceptors (Lipinski definition) is 4. The van der Waals surface area contributed by atoms with Crippen molar-refractivity contribution in [2.75, 3.05) is 13.1 Å². The Hall–Kier alpha value is -1.83. The third-order valence-electron chi connectivity index (χ3n) is 3.74. The van der Waals surface area contributed by atoms with Gasteiger partial charge in [-0.05, 0) is 26.0 Å². The molecule has 0 radical (unpaired) electrons. The lowest BCUT2D eigenvalue weighted by Crippen LogP contribution is -2.54. The van der Waals surface area contributed by atoms with Crippen molar-refractivity contribution in [3.05, 3.63) is 24.0 Å². The molecule has 8 heteroatoms. The van der Waals surface area contributed by atoms with Crippen molar-refractivity contribution in [2.24, 2.45) is 0 Å². The average molecular weight is 332 g/mol. The Morgan fingerprint density at radius 1 is 1.39 bits per heavy atom. The zero-order chi connectivity index (χ0) is 17.3. The summed E-state index contributed by atoms with van der Waals surface area (Å²) in [7, 11) is 0. The number of nitrogens with zero attached hydrogens (tertiary/aromatic N) is 2. The molecule has 0 unspecified atom stereocenters. The molecule has 2 heterocycles. The number of alkyl halides is 3. The van der Waals surface area contributed by atoms with Crippen molar-refractivity contribution in [2.45, 2.75) is 44.6 Å². The van der Waals surface area contributed by atoms with E-state index >= 15 is 0 Å². The van der Waals surface area contributed by atoms with Gasteiger partial charge in [-0.1, -0.05) is 0 Å². The number of rotatable bonds is 3. The molecule has 1 aliphatic rings. The predicted octanol–water partition coefficient (Wildman–Crippen LogP) is 2.40. The molecule has 2 rings (SSSR count). The van der Waals surface area contributed by atoms with Crippen LogP contribution in [0, 0.1) is 0 Å². The summed E-state index contributed by atoms with van der Waals surface area (Å²) in [5, 5.41) is 9.65. The Morgan fingerprint density at radius 2 is 2.00 bits per heavy atom. The molecule has 1 aromatic heterocycles. The van der Waals surface area contributed by atoms with E-state index in [2.05, 4.69) is 4.98 Å². The molecule has 1 fully saturated rings. The van der Waals surface area contributed by atoms with E-state index in [-0.39, 0.29) is 24.9 Å². The number of aliphatic hydroxyl groups is 1. The minimum absolute atomic E-state index is 0.0682. The van der Waals surface area contributed by atoms with E-state index in [1.54, 1.807) is 26.0 Å². The maximum atomic E-state index is 12.8. The van der Waals surface area contributed by atoms with Crippen LogP contribution in [-0.4, -0.2) is 51.9 Å². The van der Waals surface area contributed by atoms with Crippen LogP contribution in [0.15, 0.2) is 18.3 Å². The zero-order valence-corrected chi connectivity index (χ0v) is 12.9. The van der Waals surface area contributed by atoms with Crippen LogP contribution in [0.4, 0.5) is 13.2 Å². The molecule has 1 aliphatic heterocycles. The van der Waals surface area contributed by atoms with Gasteiger partial charge in [-0.2, -0.15) is 13.2 Å². The number of carbonyl (C=O) groups excluding carboxylic acids is 1. The number of piperidine rings is 1. The van der Waals surface area contributed by atoms with Crippen molar-refractivity contribution in [1.29, 1.82) is 0 Å². The van der Waals surface area contributed by atoms with Gasteiger partial charge in [0, 0.05) is 32.1 Å². The van der Waals surface area contributed by atoms with Crippen molar-refractivity contribution in [3.63, 3.8) is 0 Å². The van der Waals surface area contributed by atoms with Gasteiger partial charge >= 0.3 is 6.18 Å². The molecule has 1 saturated heterocycles. The summed E-state index contributed by atoms with van der Waals surface area (Å²) in [6.07, 6.45) is -4.53. The summed E-state index contributed by atoms with van der Waals surface area (Å²) in [6, 6.07) is 3.21. The highest BCUT2D eigenvalue weighted by atomic mass is 19.4. The maximum Gasteiger partial charge on any atom is 0.417 e. The van der Waals surface area contributed by atoms with Gasteiger partial charge in [0.05, 0.1) is 6.10 Å². The second kappa shape index (κ2) is 6.35. The van der Waals surface area contributed by atoms with Crippen molar-refractivity contribution >= 4 is 5.91 Å². The van der Waals surface area contributed by atoms with E-state index in [0.717, 1.165) is 0 Å². The lowest BCUT2D eigenvalue weighted by molar-refractivity contribution is -0.271. The third kappa shape index (κ3) is 3.74. The third-order valence-corrected chi connectivity index (χ3v) is 3.74. The summed E-state index contributed by atoms with van der Waals surface area (Å²) in [5.74, 6) is -0.199. The smallest absolute Gasteiger partial charge is 0.417 e. The lowest BCUT2D eigenvalue weighted by atomic mass is 9.90. The molecule has 1 amide bonds. The first kappa shape index (κ1) is 17.5. The molecule has 23 heavy (non-hydrogen) atoms. The van der Waals surface area contributed by atoms with E-state index in [9.17, 15) is 23.1 Å². The summed E-state index contributed by atoms with van der Waals surface area (Å²) in [5.41, 5.74) is -2.66. The van der Waals surface area contributed by atoms with Crippen molar-refractivity contribution < 1.29 is 27.8 Å². The highest BCUT2D eigenvalue weighted by Gasteiger charge is 2.55. The number of hydrogen-bond donors (Lipinski definition) is 1. The Kier molecular flexibility index (Phi) is 4.84. The number of amides is 1. The van der Waals surface area contributed by atoms with Gasteiger partial charge < -0.3 is 14.7 Å². The first-order valence-electron chi connectivity index (χ1n) is 7.34. The molecule has 0 spiro atoms. The second-order valence-electron chi connectivity index (χ2n) is 5.84. The molecule has 1 N–H and O–H groups in total. The van der Waals surface area contributed by atoms with Gasteiger partial charge in [0.1, 0.15) is 0 Å². The van der Waals surface area contributed by atoms with E-state index in [1.165, 1.54) is 11.1 Å². The number of aromatic nitrogens is 1. The molecule has 0 aromatic carbocycles. The van der Waals surface area contributed by atoms with Crippen molar-refractivity contribution in [3.8, 4) is 5.75 Å². The van der Waals surface area contributed by atoms with Gasteiger partial charge in [-0.3, -0.25) is 4.79 Å². The van der Waals surface area contributed by atoms with E-state index in [1.807, 2.05) is 0 Å². The highest BCUT2D eigenvalue weighted by molar-refractivity contribution is 5.95. The first-order valence-corrected chi connectivity index (χ1v) is 7.34. The fraction of sp³-hybridized carbons (Fsp3) is 0.600. The first-order chi connectivity index (χ1) is 10.6. The van der Waals surface area contributed by atoms with Crippen LogP contribution in [0.5, 0.6) is 5.75 Å². The predicted molar refractivity (Wildman–Crippen MR) is 76.1 cm³/mol. The number of likely N-dealkylation sites (tertiary alicyclic amines) is 1. The monoisotopic (exact) mass is 332 g/mol. The largest absolute Gasteiger partial charge is 0.489 e. The number of halogens is 3. The molecule has 1 aromatic rings. The molecule has 0 bridgehead atoms. The fourth-order valence-electron chi connectivity index (χ4n) is 2.41. The van der Waals surface area contributed by atoms with E-state index < -0.39 is 30.5 Å². The van der Waals surface area contributed by atoms with Gasteiger partial charge in [-0.15, -0.1) is 0 Å². The maximum absolute atomic E-state index is 12.8. The molecule has 0 aliphatic carbocycles. The summed E-state index contributed by atoms with van der Waals surface area (Å²) in [4.78, 5) is 17.7. The standard InChI is InChI=1S/C15H19F3N2O3/c1-10(2)23-11-4-3-7-19-12(11)13(21)20-8-5-14(22,6-9-20)15(16,17)18/h3-4,7,10,22H,5-6,8-9H2,1-2H3. The molecule has 0 saturated carbocycles. The topological polar surface area (TPSA) is 62.7 Å². The van der Waals surface area contributed by atoms with Crippen LogP contribution in [0.3, 0.4) is 0 Å². The fourth-order valence-corrected chi connectivity index (χ4v) is 2.41. The second-order valence-corrected chi connectivity index (χ2v) is 5.84. The van der Waals surface area contributed by atoms with E-state index in [0.29, 0.717) is 5.75 Å². The summed E-state index contributed by atoms with van der Waals surface area (Å²) >= 11 is 0.